The molecule has 1 nitrogen and oxygen atoms in total. The van der Waals surface area contributed by atoms with E-state index in [4.69, 9.17) is 16.8 Å². The van der Waals surface area contributed by atoms with E-state index in [0.717, 1.165) is 27.5 Å². The van der Waals surface area contributed by atoms with Crippen LogP contribution in [-0.4, -0.2) is 0 Å². The van der Waals surface area contributed by atoms with Gasteiger partial charge in [0.25, 0.3) is 0 Å². The highest BCUT2D eigenvalue weighted by molar-refractivity contribution is 6.25. The lowest BCUT2D eigenvalue weighted by Crippen LogP contribution is -1.94. The second kappa shape index (κ2) is 11.1. The Morgan fingerprint density at radius 2 is 0.959 bits per heavy atom. The number of fused-ring (bicyclic) bond motifs is 6. The fourth-order valence-corrected chi connectivity index (χ4v) is 7.06. The maximum Gasteiger partial charge on any atom is 0.135 e. The zero-order chi connectivity index (χ0) is 43.6. The van der Waals surface area contributed by atoms with Gasteiger partial charge in [-0.05, 0) is 101 Å². The zero-order valence-corrected chi connectivity index (χ0v) is 25.7. The molecule has 228 valence electrons. The molecular formula is C48H30O. The third-order valence-corrected chi connectivity index (χ3v) is 9.18. The Kier molecular flexibility index (Phi) is 3.99. The normalized spacial score (nSPS) is 15.4. The number of para-hydroxylation sites is 1. The maximum absolute atomic E-state index is 9.59. The van der Waals surface area contributed by atoms with E-state index in [1.807, 2.05) is 54.6 Å². The number of furan rings is 1. The lowest BCUT2D eigenvalue weighted by Gasteiger charge is -2.21. The molecule has 0 aliphatic carbocycles. The van der Waals surface area contributed by atoms with E-state index in [0.29, 0.717) is 21.9 Å². The van der Waals surface area contributed by atoms with Crippen LogP contribution in [-0.2, 0) is 0 Å². The summed E-state index contributed by atoms with van der Waals surface area (Å²) in [6.45, 7) is 0. The molecular weight excluding hydrogens is 593 g/mol. The fourth-order valence-electron chi connectivity index (χ4n) is 7.06. The van der Waals surface area contributed by atoms with Gasteiger partial charge in [-0.15, -0.1) is 0 Å². The third kappa shape index (κ3) is 4.40. The molecule has 0 aliphatic rings. The Balaban J connectivity index is 1.41. The smallest absolute Gasteiger partial charge is 0.135 e. The summed E-state index contributed by atoms with van der Waals surface area (Å²) in [4.78, 5) is 0. The van der Waals surface area contributed by atoms with Crippen molar-refractivity contribution < 1.29 is 22.2 Å². The lowest BCUT2D eigenvalue weighted by molar-refractivity contribution is 0.669. The van der Waals surface area contributed by atoms with Crippen LogP contribution >= 0.6 is 0 Å². The van der Waals surface area contributed by atoms with Crippen molar-refractivity contribution in [3.05, 3.63) is 182 Å². The molecule has 0 radical (unpaired) electrons. The predicted octanol–water partition coefficient (Wildman–Crippen LogP) is 13.7. The molecule has 0 fully saturated rings. The first kappa shape index (κ1) is 17.6. The fraction of sp³-hybridized carbons (Fsp3) is 0. The molecule has 1 aromatic heterocycles. The van der Waals surface area contributed by atoms with Crippen molar-refractivity contribution in [3.63, 3.8) is 0 Å². The third-order valence-electron chi connectivity index (χ3n) is 9.18. The summed E-state index contributed by atoms with van der Waals surface area (Å²) in [7, 11) is 0. The van der Waals surface area contributed by atoms with Gasteiger partial charge in [-0.1, -0.05) is 157 Å². The van der Waals surface area contributed by atoms with Crippen LogP contribution in [0.4, 0.5) is 0 Å². The Bertz CT molecular complexity index is 3520. The van der Waals surface area contributed by atoms with Crippen LogP contribution in [0.15, 0.2) is 186 Å². The molecule has 0 saturated heterocycles. The first-order chi connectivity index (χ1) is 29.7. The van der Waals surface area contributed by atoms with Gasteiger partial charge < -0.3 is 4.42 Å². The molecule has 0 saturated carbocycles. The Labute approximate surface area is 302 Å². The van der Waals surface area contributed by atoms with Crippen LogP contribution in [0.1, 0.15) is 17.8 Å². The molecule has 49 heavy (non-hydrogen) atoms. The lowest BCUT2D eigenvalue weighted by atomic mass is 9.82. The second-order valence-corrected chi connectivity index (χ2v) is 11.8. The van der Waals surface area contributed by atoms with Gasteiger partial charge in [0.1, 0.15) is 11.2 Å². The summed E-state index contributed by atoms with van der Waals surface area (Å²) in [6.07, 6.45) is 0. The number of rotatable bonds is 4. The van der Waals surface area contributed by atoms with E-state index in [1.165, 1.54) is 0 Å². The largest absolute Gasteiger partial charge is 0.456 e. The van der Waals surface area contributed by atoms with Crippen LogP contribution < -0.4 is 0 Å². The average molecular weight is 636 g/mol. The van der Waals surface area contributed by atoms with Crippen molar-refractivity contribution >= 4 is 54.3 Å². The minimum atomic E-state index is -0.602. The van der Waals surface area contributed by atoms with Gasteiger partial charge in [0.2, 0.25) is 0 Å². The van der Waals surface area contributed by atoms with Gasteiger partial charge in [0.05, 0.1) is 17.8 Å². The molecule has 0 atom stereocenters. The molecule has 0 spiro atoms. The number of benzene rings is 9. The van der Waals surface area contributed by atoms with Crippen LogP contribution in [0.5, 0.6) is 0 Å². The van der Waals surface area contributed by atoms with E-state index in [1.54, 1.807) is 48.5 Å². The maximum atomic E-state index is 9.59. The molecule has 0 unspecified atom stereocenters. The van der Waals surface area contributed by atoms with Crippen LogP contribution in [0.25, 0.3) is 98.8 Å². The van der Waals surface area contributed by atoms with Gasteiger partial charge in [-0.3, -0.25) is 0 Å². The Morgan fingerprint density at radius 1 is 0.347 bits per heavy atom. The molecule has 9 aromatic carbocycles. The summed E-state index contributed by atoms with van der Waals surface area (Å²) >= 11 is 0. The Morgan fingerprint density at radius 3 is 1.73 bits per heavy atom. The van der Waals surface area contributed by atoms with Crippen molar-refractivity contribution in [1.29, 1.82) is 0 Å². The highest BCUT2D eigenvalue weighted by Crippen LogP contribution is 2.48. The highest BCUT2D eigenvalue weighted by atomic mass is 16.3. The zero-order valence-electron chi connectivity index (χ0n) is 38.7. The molecule has 1 heterocycles. The van der Waals surface area contributed by atoms with E-state index >= 15 is 0 Å². The van der Waals surface area contributed by atoms with Crippen molar-refractivity contribution in [2.24, 2.45) is 0 Å². The first-order valence-corrected chi connectivity index (χ1v) is 15.8. The standard InChI is InChI=1S/C48H30O/c1-2-13-31(14-3-1)37-27-25-32-15-4-5-18-36(32)47(37)48-41-22-8-6-20-39(41)46(40-21-7-9-23-42(40)48)35-17-12-16-33(29-35)34-26-28-45-43(30-34)38-19-10-11-24-44(38)49-45/h1-30H/i1D,2D,3D,6D,7D,8D,9D,13D,14D,20D,21D,22D,23D. The Hall–Kier alpha value is -6.44. The van der Waals surface area contributed by atoms with E-state index in [-0.39, 0.29) is 49.4 Å². The van der Waals surface area contributed by atoms with Gasteiger partial charge >= 0.3 is 0 Å². The van der Waals surface area contributed by atoms with Crippen molar-refractivity contribution in [3.8, 4) is 44.5 Å². The van der Waals surface area contributed by atoms with E-state index in [9.17, 15) is 5.48 Å². The molecule has 10 aromatic rings. The molecule has 0 amide bonds. The van der Waals surface area contributed by atoms with Crippen LogP contribution in [0.2, 0.25) is 0 Å². The summed E-state index contributed by atoms with van der Waals surface area (Å²) < 4.78 is 124. The molecule has 1 heteroatoms. The predicted molar refractivity (Wildman–Crippen MR) is 208 cm³/mol. The van der Waals surface area contributed by atoms with Gasteiger partial charge in [-0.25, -0.2) is 0 Å². The van der Waals surface area contributed by atoms with Crippen molar-refractivity contribution in [2.75, 3.05) is 0 Å². The summed E-state index contributed by atoms with van der Waals surface area (Å²) in [5.41, 5.74) is 3.63. The summed E-state index contributed by atoms with van der Waals surface area (Å²) in [5.74, 6) is 0. The highest BCUT2D eigenvalue weighted by Gasteiger charge is 2.21. The average Bonchev–Trinajstić information content (AvgIpc) is 3.67. The molecule has 0 aliphatic heterocycles. The van der Waals surface area contributed by atoms with Crippen LogP contribution in [0.3, 0.4) is 0 Å². The topological polar surface area (TPSA) is 13.1 Å². The first-order valence-electron chi connectivity index (χ1n) is 22.3. The number of hydrogen-bond donors (Lipinski definition) is 0. The molecule has 0 N–H and O–H groups in total. The van der Waals surface area contributed by atoms with Crippen molar-refractivity contribution in [2.45, 2.75) is 0 Å². The second-order valence-electron chi connectivity index (χ2n) is 11.8. The SMILES string of the molecule is [2H]c1c([2H])c([2H])c(-c2ccc3ccccc3c2-c2c3c([2H])c([2H])c([2H])c([2H])c3c(-c3cccc(-c4ccc5oc6ccccc6c5c4)c3)c3c([2H])c([2H])c([2H])c([2H])c23)c([2H])c1[2H]. The van der Waals surface area contributed by atoms with E-state index < -0.39 is 78.6 Å². The van der Waals surface area contributed by atoms with Crippen LogP contribution in [0, 0.1) is 0 Å². The van der Waals surface area contributed by atoms with Gasteiger partial charge in [0, 0.05) is 10.8 Å². The minimum absolute atomic E-state index is 0.00445. The molecule has 10 rings (SSSR count). The number of hydrogen-bond acceptors (Lipinski definition) is 1. The minimum Gasteiger partial charge on any atom is -0.456 e. The monoisotopic (exact) mass is 635 g/mol. The summed E-state index contributed by atoms with van der Waals surface area (Å²) in [5, 5.41) is 2.73. The summed E-state index contributed by atoms with van der Waals surface area (Å²) in [6, 6.07) is 24.1. The van der Waals surface area contributed by atoms with E-state index in [2.05, 4.69) is 0 Å². The van der Waals surface area contributed by atoms with Gasteiger partial charge in [-0.2, -0.15) is 0 Å². The van der Waals surface area contributed by atoms with Crippen molar-refractivity contribution in [1.82, 2.24) is 0 Å². The quantitative estimate of drug-likeness (QED) is 0.175. The molecule has 0 bridgehead atoms. The van der Waals surface area contributed by atoms with Gasteiger partial charge in [0.15, 0.2) is 0 Å².